The van der Waals surface area contributed by atoms with E-state index in [1.807, 2.05) is 0 Å². The Labute approximate surface area is 126 Å². The molecule has 0 aliphatic carbocycles. The molecule has 0 saturated carbocycles. The Balaban J connectivity index is 4.23. The van der Waals surface area contributed by atoms with Crippen molar-refractivity contribution in [3.05, 3.63) is 12.2 Å². The van der Waals surface area contributed by atoms with Gasteiger partial charge in [-0.2, -0.15) is 0 Å². The van der Waals surface area contributed by atoms with Crippen molar-refractivity contribution >= 4 is 32.1 Å². The second-order valence-electron chi connectivity index (χ2n) is 6.54. The van der Waals surface area contributed by atoms with E-state index in [0.717, 1.165) is 0 Å². The van der Waals surface area contributed by atoms with Crippen LogP contribution in [0.3, 0.4) is 0 Å². The molecule has 0 N–H and O–H groups in total. The van der Waals surface area contributed by atoms with Crippen LogP contribution >= 0.6 is 0 Å². The number of hydrogen-bond donors (Lipinski definition) is 0. The van der Waals surface area contributed by atoms with Crippen molar-refractivity contribution in [3.8, 4) is 0 Å². The van der Waals surface area contributed by atoms with Crippen LogP contribution in [0.1, 0.15) is 6.92 Å². The number of ether oxygens (including phenoxy) is 1. The first kappa shape index (κ1) is 19.7. The van der Waals surface area contributed by atoms with E-state index in [1.165, 1.54) is 0 Å². The fraction of sp³-hybridized carbons (Fsp3) is 0.750. The Kier molecular flexibility index (Phi) is 8.14. The molecule has 0 aliphatic rings. The van der Waals surface area contributed by atoms with Crippen molar-refractivity contribution in [2.45, 2.75) is 46.2 Å². The SMILES string of the molecule is C=C(C)C(=O)OCCO[SiH](O[Si](C)(C)C)O[Si](C)(C)C. The average Bonchev–Trinajstić information content (AvgIpc) is 2.18. The van der Waals surface area contributed by atoms with Gasteiger partial charge >= 0.3 is 15.5 Å². The molecule has 0 rings (SSSR count). The molecule has 0 aromatic heterocycles. The number of esters is 1. The summed E-state index contributed by atoms with van der Waals surface area (Å²) in [4.78, 5) is 11.2. The van der Waals surface area contributed by atoms with Gasteiger partial charge in [-0.1, -0.05) is 6.58 Å². The van der Waals surface area contributed by atoms with Crippen molar-refractivity contribution < 1.29 is 22.2 Å². The molecule has 0 amide bonds. The van der Waals surface area contributed by atoms with E-state index >= 15 is 0 Å². The van der Waals surface area contributed by atoms with Crippen molar-refractivity contribution in [1.82, 2.24) is 0 Å². The minimum Gasteiger partial charge on any atom is -0.460 e. The second-order valence-corrected chi connectivity index (χ2v) is 17.8. The van der Waals surface area contributed by atoms with Gasteiger partial charge in [0, 0.05) is 5.57 Å². The van der Waals surface area contributed by atoms with E-state index in [4.69, 9.17) is 17.4 Å². The molecule has 0 fully saturated rings. The van der Waals surface area contributed by atoms with Crippen molar-refractivity contribution in [2.24, 2.45) is 0 Å². The van der Waals surface area contributed by atoms with Crippen LogP contribution in [0.15, 0.2) is 12.2 Å². The highest BCUT2D eigenvalue weighted by atomic mass is 28.5. The molecule has 0 radical (unpaired) electrons. The first-order chi connectivity index (χ1) is 8.91. The maximum absolute atomic E-state index is 11.2. The summed E-state index contributed by atoms with van der Waals surface area (Å²) in [7, 11) is -5.58. The van der Waals surface area contributed by atoms with Gasteiger partial charge in [-0.15, -0.1) is 0 Å². The lowest BCUT2D eigenvalue weighted by Crippen LogP contribution is -2.45. The van der Waals surface area contributed by atoms with Crippen molar-refractivity contribution in [1.29, 1.82) is 0 Å². The van der Waals surface area contributed by atoms with Crippen LogP contribution in [-0.4, -0.2) is 45.3 Å². The van der Waals surface area contributed by atoms with Crippen LogP contribution in [-0.2, 0) is 22.2 Å². The molecule has 0 bridgehead atoms. The molecule has 118 valence electrons. The van der Waals surface area contributed by atoms with Gasteiger partial charge in [0.05, 0.1) is 6.61 Å². The third-order valence-electron chi connectivity index (χ3n) is 1.82. The number of carbonyl (C=O) groups excluding carboxylic acids is 1. The minimum absolute atomic E-state index is 0.194. The molecule has 0 unspecified atom stereocenters. The van der Waals surface area contributed by atoms with Crippen LogP contribution in [0.4, 0.5) is 0 Å². The van der Waals surface area contributed by atoms with Gasteiger partial charge in [0.15, 0.2) is 16.6 Å². The zero-order valence-electron chi connectivity index (χ0n) is 13.7. The summed E-state index contributed by atoms with van der Waals surface area (Å²) in [6, 6.07) is 0. The molecule has 0 aromatic rings. The van der Waals surface area contributed by atoms with Crippen LogP contribution in [0.25, 0.3) is 0 Å². The zero-order valence-corrected chi connectivity index (χ0v) is 16.9. The molecular formula is C12H28O5Si3. The topological polar surface area (TPSA) is 54.0 Å². The van der Waals surface area contributed by atoms with Crippen molar-refractivity contribution in [3.63, 3.8) is 0 Å². The van der Waals surface area contributed by atoms with Crippen LogP contribution < -0.4 is 0 Å². The van der Waals surface area contributed by atoms with Gasteiger partial charge in [-0.3, -0.25) is 0 Å². The highest BCUT2D eigenvalue weighted by Crippen LogP contribution is 2.12. The molecule has 0 spiro atoms. The van der Waals surface area contributed by atoms with Gasteiger partial charge in [0.25, 0.3) is 0 Å². The average molecular weight is 337 g/mol. The summed E-state index contributed by atoms with van der Waals surface area (Å²) in [5.41, 5.74) is 0.385. The summed E-state index contributed by atoms with van der Waals surface area (Å²) >= 11 is 0. The van der Waals surface area contributed by atoms with E-state index in [9.17, 15) is 4.79 Å². The second kappa shape index (κ2) is 8.25. The lowest BCUT2D eigenvalue weighted by molar-refractivity contribution is -0.139. The molecule has 0 heterocycles. The van der Waals surface area contributed by atoms with Gasteiger partial charge in [0.2, 0.25) is 0 Å². The Morgan fingerprint density at radius 1 is 1.00 bits per heavy atom. The van der Waals surface area contributed by atoms with Gasteiger partial charge in [-0.25, -0.2) is 4.79 Å². The maximum Gasteiger partial charge on any atom is 0.463 e. The van der Waals surface area contributed by atoms with E-state index in [1.54, 1.807) is 6.92 Å². The fourth-order valence-electron chi connectivity index (χ4n) is 1.07. The highest BCUT2D eigenvalue weighted by Gasteiger charge is 2.30. The first-order valence-electron chi connectivity index (χ1n) is 6.70. The monoisotopic (exact) mass is 336 g/mol. The molecular weight excluding hydrogens is 308 g/mol. The van der Waals surface area contributed by atoms with E-state index in [2.05, 4.69) is 45.9 Å². The standard InChI is InChI=1S/C12H28O5Si3/c1-11(2)12(13)14-9-10-15-18(16-19(3,4)5)17-20(6,7)8/h18H,1,9-10H2,2-8H3. The quantitative estimate of drug-likeness (QED) is 0.280. The van der Waals surface area contributed by atoms with Crippen molar-refractivity contribution in [2.75, 3.05) is 13.2 Å². The summed E-state index contributed by atoms with van der Waals surface area (Å²) in [5.74, 6) is -0.399. The van der Waals surface area contributed by atoms with Gasteiger partial charge in [-0.05, 0) is 46.2 Å². The summed E-state index contributed by atoms with van der Waals surface area (Å²) in [6.07, 6.45) is 0. The smallest absolute Gasteiger partial charge is 0.460 e. The third kappa shape index (κ3) is 11.6. The van der Waals surface area contributed by atoms with Crippen LogP contribution in [0.5, 0.6) is 0 Å². The lowest BCUT2D eigenvalue weighted by Gasteiger charge is -2.29. The third-order valence-corrected chi connectivity index (χ3v) is 9.52. The maximum atomic E-state index is 11.2. The Morgan fingerprint density at radius 2 is 1.45 bits per heavy atom. The summed E-state index contributed by atoms with van der Waals surface area (Å²) in [6.45, 7) is 18.2. The van der Waals surface area contributed by atoms with Crippen LogP contribution in [0, 0.1) is 0 Å². The zero-order chi connectivity index (χ0) is 16.0. The molecule has 0 atom stereocenters. The van der Waals surface area contributed by atoms with Gasteiger partial charge in [0.1, 0.15) is 6.61 Å². The normalized spacial score (nSPS) is 12.6. The van der Waals surface area contributed by atoms with Gasteiger partial charge < -0.3 is 17.4 Å². The summed E-state index contributed by atoms with van der Waals surface area (Å²) in [5, 5.41) is 0. The number of rotatable bonds is 9. The predicted molar refractivity (Wildman–Crippen MR) is 87.7 cm³/mol. The first-order valence-corrected chi connectivity index (χ1v) is 14.9. The Hall–Kier alpha value is -0.259. The molecule has 8 heteroatoms. The summed E-state index contributed by atoms with van der Waals surface area (Å²) < 4.78 is 22.6. The molecule has 5 nitrogen and oxygen atoms in total. The van der Waals surface area contributed by atoms with E-state index in [-0.39, 0.29) is 6.61 Å². The minimum atomic E-state index is -2.16. The van der Waals surface area contributed by atoms with E-state index in [0.29, 0.717) is 12.2 Å². The lowest BCUT2D eigenvalue weighted by atomic mass is 10.4. The molecule has 0 saturated heterocycles. The highest BCUT2D eigenvalue weighted by molar-refractivity contribution is 6.79. The predicted octanol–water partition coefficient (Wildman–Crippen LogP) is 2.54. The molecule has 0 aromatic carbocycles. The largest absolute Gasteiger partial charge is 0.463 e. The Morgan fingerprint density at radius 3 is 1.80 bits per heavy atom. The molecule has 0 aliphatic heterocycles. The van der Waals surface area contributed by atoms with Crippen LogP contribution in [0.2, 0.25) is 39.3 Å². The Bertz CT molecular complexity index is 317. The van der Waals surface area contributed by atoms with E-state index < -0.39 is 32.1 Å². The number of hydrogen-bond acceptors (Lipinski definition) is 5. The number of carbonyl (C=O) groups is 1. The fourth-order valence-corrected chi connectivity index (χ4v) is 7.15. The molecule has 20 heavy (non-hydrogen) atoms.